The van der Waals surface area contributed by atoms with E-state index in [9.17, 15) is 5.26 Å². The largest absolute Gasteiger partial charge is 0.294 e. The van der Waals surface area contributed by atoms with E-state index in [-0.39, 0.29) is 0 Å². The molecule has 0 amide bonds. The highest BCUT2D eigenvalue weighted by atomic mass is 15.1. The lowest BCUT2D eigenvalue weighted by Gasteiger charge is -2.13. The molecule has 0 spiro atoms. The average Bonchev–Trinajstić information content (AvgIpc) is 3.45. The Morgan fingerprint density at radius 3 is 1.40 bits per heavy atom. The van der Waals surface area contributed by atoms with Crippen molar-refractivity contribution in [1.82, 2.24) is 9.55 Å². The molecule has 3 heteroatoms. The highest BCUT2D eigenvalue weighted by Crippen LogP contribution is 2.38. The van der Waals surface area contributed by atoms with Crippen molar-refractivity contribution in [2.24, 2.45) is 0 Å². The van der Waals surface area contributed by atoms with Gasteiger partial charge in [0.2, 0.25) is 0 Å². The van der Waals surface area contributed by atoms with Crippen LogP contribution in [0.3, 0.4) is 0 Å². The Morgan fingerprint density at radius 2 is 0.889 bits per heavy atom. The molecule has 6 aromatic carbocycles. The van der Waals surface area contributed by atoms with Gasteiger partial charge >= 0.3 is 0 Å². The molecule has 0 aliphatic heterocycles. The van der Waals surface area contributed by atoms with Crippen LogP contribution in [0.2, 0.25) is 0 Å². The van der Waals surface area contributed by atoms with E-state index in [0.29, 0.717) is 5.56 Å². The van der Waals surface area contributed by atoms with Gasteiger partial charge < -0.3 is 0 Å². The molecule has 0 N–H and O–H groups in total. The Bertz CT molecular complexity index is 2250. The van der Waals surface area contributed by atoms with Crippen LogP contribution in [-0.2, 0) is 0 Å². The highest BCUT2D eigenvalue weighted by Gasteiger charge is 2.17. The van der Waals surface area contributed by atoms with Crippen molar-refractivity contribution in [3.8, 4) is 56.5 Å². The van der Waals surface area contributed by atoms with Crippen molar-refractivity contribution in [1.29, 1.82) is 5.26 Å². The molecule has 3 nitrogen and oxygen atoms in total. The van der Waals surface area contributed by atoms with Gasteiger partial charge in [-0.2, -0.15) is 5.26 Å². The normalized spacial score (nSPS) is 11.1. The Labute approximate surface area is 261 Å². The molecule has 0 saturated carbocycles. The molecule has 0 radical (unpaired) electrons. The molecular formula is C42H27N3. The summed E-state index contributed by atoms with van der Waals surface area (Å²) in [5.41, 5.74) is 11.6. The smallest absolute Gasteiger partial charge is 0.138 e. The molecule has 8 rings (SSSR count). The number of nitriles is 1. The Morgan fingerprint density at radius 1 is 0.422 bits per heavy atom. The summed E-state index contributed by atoms with van der Waals surface area (Å²) in [6, 6.07) is 59.1. The van der Waals surface area contributed by atoms with E-state index in [0.717, 1.165) is 39.2 Å². The van der Waals surface area contributed by atoms with E-state index in [2.05, 4.69) is 132 Å². The molecule has 0 bridgehead atoms. The van der Waals surface area contributed by atoms with Gasteiger partial charge in [-0.25, -0.2) is 4.98 Å². The first-order valence-electron chi connectivity index (χ1n) is 15.0. The van der Waals surface area contributed by atoms with Crippen LogP contribution in [0.15, 0.2) is 164 Å². The van der Waals surface area contributed by atoms with E-state index in [4.69, 9.17) is 4.98 Å². The maximum absolute atomic E-state index is 9.38. The number of rotatable bonds is 5. The number of nitrogens with zero attached hydrogens (tertiary/aromatic N) is 3. The second-order valence-electron chi connectivity index (χ2n) is 11.2. The SMILES string of the molecule is N#Cc1ccc(-c2cc(-c3ccccc3)nc(-n3c4ccc(-c5ccccc5)cc4c4cc(-c5ccccc5)ccc43)c2)cc1. The van der Waals surface area contributed by atoms with Crippen LogP contribution in [0.1, 0.15) is 5.56 Å². The second kappa shape index (κ2) is 11.1. The van der Waals surface area contributed by atoms with Crippen molar-refractivity contribution in [3.63, 3.8) is 0 Å². The fourth-order valence-corrected chi connectivity index (χ4v) is 6.18. The molecule has 2 aromatic heterocycles. The van der Waals surface area contributed by atoms with Crippen LogP contribution in [-0.4, -0.2) is 9.55 Å². The molecular weight excluding hydrogens is 546 g/mol. The Hall–Kier alpha value is -6.24. The highest BCUT2D eigenvalue weighted by molar-refractivity contribution is 6.11. The van der Waals surface area contributed by atoms with Gasteiger partial charge in [0, 0.05) is 16.3 Å². The molecule has 45 heavy (non-hydrogen) atoms. The summed E-state index contributed by atoms with van der Waals surface area (Å²) >= 11 is 0. The summed E-state index contributed by atoms with van der Waals surface area (Å²) in [5.74, 6) is 0.843. The first-order chi connectivity index (χ1) is 22.2. The van der Waals surface area contributed by atoms with Gasteiger partial charge in [-0.15, -0.1) is 0 Å². The molecule has 8 aromatic rings. The summed E-state index contributed by atoms with van der Waals surface area (Å²) in [7, 11) is 0. The van der Waals surface area contributed by atoms with E-state index < -0.39 is 0 Å². The van der Waals surface area contributed by atoms with Gasteiger partial charge in [0.05, 0.1) is 28.4 Å². The zero-order valence-electron chi connectivity index (χ0n) is 24.4. The minimum Gasteiger partial charge on any atom is -0.294 e. The fourth-order valence-electron chi connectivity index (χ4n) is 6.18. The predicted molar refractivity (Wildman–Crippen MR) is 185 cm³/mol. The Balaban J connectivity index is 1.41. The lowest BCUT2D eigenvalue weighted by atomic mass is 10.0. The topological polar surface area (TPSA) is 41.6 Å². The lowest BCUT2D eigenvalue weighted by Crippen LogP contribution is -2.00. The van der Waals surface area contributed by atoms with Gasteiger partial charge in [0.25, 0.3) is 0 Å². The second-order valence-corrected chi connectivity index (χ2v) is 11.2. The predicted octanol–water partition coefficient (Wildman–Crippen LogP) is 10.7. The quantitative estimate of drug-likeness (QED) is 0.205. The first-order valence-corrected chi connectivity index (χ1v) is 15.0. The summed E-state index contributed by atoms with van der Waals surface area (Å²) in [5, 5.41) is 11.7. The minimum absolute atomic E-state index is 0.641. The summed E-state index contributed by atoms with van der Waals surface area (Å²) in [4.78, 5) is 5.28. The first kappa shape index (κ1) is 26.4. The minimum atomic E-state index is 0.641. The van der Waals surface area contributed by atoms with E-state index >= 15 is 0 Å². The third kappa shape index (κ3) is 4.85. The van der Waals surface area contributed by atoms with Crippen LogP contribution in [0.4, 0.5) is 0 Å². The number of benzene rings is 6. The fraction of sp³-hybridized carbons (Fsp3) is 0. The van der Waals surface area contributed by atoms with Crippen LogP contribution < -0.4 is 0 Å². The maximum Gasteiger partial charge on any atom is 0.138 e. The molecule has 2 heterocycles. The van der Waals surface area contributed by atoms with Gasteiger partial charge in [0.15, 0.2) is 0 Å². The number of pyridine rings is 1. The zero-order chi connectivity index (χ0) is 30.2. The number of fused-ring (bicyclic) bond motifs is 3. The molecule has 210 valence electrons. The van der Waals surface area contributed by atoms with E-state index in [1.165, 1.54) is 33.0 Å². The van der Waals surface area contributed by atoms with Crippen LogP contribution in [0.5, 0.6) is 0 Å². The van der Waals surface area contributed by atoms with Gasteiger partial charge in [-0.1, -0.05) is 115 Å². The van der Waals surface area contributed by atoms with Gasteiger partial charge in [-0.3, -0.25) is 4.57 Å². The summed E-state index contributed by atoms with van der Waals surface area (Å²) < 4.78 is 2.29. The van der Waals surface area contributed by atoms with E-state index in [1.807, 2.05) is 42.5 Å². The lowest BCUT2D eigenvalue weighted by molar-refractivity contribution is 1.08. The van der Waals surface area contributed by atoms with Crippen LogP contribution in [0, 0.1) is 11.3 Å². The Kier molecular flexibility index (Phi) is 6.52. The number of aromatic nitrogens is 2. The molecule has 0 aliphatic carbocycles. The summed E-state index contributed by atoms with van der Waals surface area (Å²) in [6.45, 7) is 0. The molecule has 0 atom stereocenters. The molecule has 0 fully saturated rings. The van der Waals surface area contributed by atoms with Crippen molar-refractivity contribution < 1.29 is 0 Å². The van der Waals surface area contributed by atoms with Crippen molar-refractivity contribution >= 4 is 21.8 Å². The number of hydrogen-bond acceptors (Lipinski definition) is 2. The third-order valence-corrected chi connectivity index (χ3v) is 8.44. The summed E-state index contributed by atoms with van der Waals surface area (Å²) in [6.07, 6.45) is 0. The standard InChI is InChI=1S/C42H27N3/c43-28-29-16-18-32(19-17-29)36-26-39(33-14-8-3-9-15-33)44-42(27-36)45-40-22-20-34(30-10-4-1-5-11-30)24-37(40)38-25-35(21-23-41(38)45)31-12-6-2-7-13-31/h1-27H. The zero-order valence-corrected chi connectivity index (χ0v) is 24.4. The van der Waals surface area contributed by atoms with Crippen molar-refractivity contribution in [2.45, 2.75) is 0 Å². The molecule has 0 aliphatic rings. The third-order valence-electron chi connectivity index (χ3n) is 8.44. The number of hydrogen-bond donors (Lipinski definition) is 0. The van der Waals surface area contributed by atoms with E-state index in [1.54, 1.807) is 0 Å². The van der Waals surface area contributed by atoms with Gasteiger partial charge in [-0.05, 0) is 81.9 Å². The molecule has 0 unspecified atom stereocenters. The maximum atomic E-state index is 9.38. The van der Waals surface area contributed by atoms with Crippen LogP contribution in [0.25, 0.3) is 72.3 Å². The van der Waals surface area contributed by atoms with Crippen molar-refractivity contribution in [3.05, 3.63) is 169 Å². The average molecular weight is 574 g/mol. The van der Waals surface area contributed by atoms with Gasteiger partial charge in [0.1, 0.15) is 5.82 Å². The van der Waals surface area contributed by atoms with Crippen LogP contribution >= 0.6 is 0 Å². The monoisotopic (exact) mass is 573 g/mol. The van der Waals surface area contributed by atoms with Crippen molar-refractivity contribution in [2.75, 3.05) is 0 Å². The molecule has 0 saturated heterocycles.